The smallest absolute Gasteiger partial charge is 0.264 e. The molecule has 0 atom stereocenters. The number of hydrogen-bond donors (Lipinski definition) is 2. The Hall–Kier alpha value is -1.40. The summed E-state index contributed by atoms with van der Waals surface area (Å²) < 4.78 is 0. The standard InChI is InChI=1S/C12H18N2O3S/c1-8(2)14(6-7-15)12(17)10-4-5-11(18-10)13-9(3)16/h4-5,8,15H,6-7H2,1-3H3,(H,13,16). The van der Waals surface area contributed by atoms with Crippen LogP contribution in [-0.4, -0.2) is 41.0 Å². The van der Waals surface area contributed by atoms with Crippen LogP contribution in [0.15, 0.2) is 12.1 Å². The molecule has 1 aromatic heterocycles. The van der Waals surface area contributed by atoms with E-state index in [-0.39, 0.29) is 24.5 Å². The van der Waals surface area contributed by atoms with Gasteiger partial charge in [0.2, 0.25) is 5.91 Å². The second kappa shape index (κ2) is 6.51. The van der Waals surface area contributed by atoms with E-state index in [1.165, 1.54) is 18.3 Å². The maximum atomic E-state index is 12.2. The SMILES string of the molecule is CC(=O)Nc1ccc(C(=O)N(CCO)C(C)C)s1. The summed E-state index contributed by atoms with van der Waals surface area (Å²) in [6.07, 6.45) is 0. The first-order valence-electron chi connectivity index (χ1n) is 5.75. The minimum absolute atomic E-state index is 0.0240. The van der Waals surface area contributed by atoms with Crippen LogP contribution in [0.3, 0.4) is 0 Å². The van der Waals surface area contributed by atoms with E-state index in [1.807, 2.05) is 13.8 Å². The van der Waals surface area contributed by atoms with Crippen LogP contribution < -0.4 is 5.32 Å². The van der Waals surface area contributed by atoms with Crippen LogP contribution in [0.25, 0.3) is 0 Å². The summed E-state index contributed by atoms with van der Waals surface area (Å²) in [6, 6.07) is 3.41. The normalized spacial score (nSPS) is 10.5. The van der Waals surface area contributed by atoms with E-state index in [0.29, 0.717) is 16.4 Å². The van der Waals surface area contributed by atoms with Gasteiger partial charge in [0.1, 0.15) is 0 Å². The molecule has 1 rings (SSSR count). The molecule has 0 spiro atoms. The zero-order valence-electron chi connectivity index (χ0n) is 10.8. The van der Waals surface area contributed by atoms with Gasteiger partial charge in [-0.15, -0.1) is 11.3 Å². The Morgan fingerprint density at radius 3 is 2.61 bits per heavy atom. The first-order chi connectivity index (χ1) is 8.45. The Kier molecular flexibility index (Phi) is 5.30. The highest BCUT2D eigenvalue weighted by Gasteiger charge is 2.19. The average Bonchev–Trinajstić information content (AvgIpc) is 2.72. The number of aliphatic hydroxyl groups excluding tert-OH is 1. The van der Waals surface area contributed by atoms with Crippen LogP contribution in [0.1, 0.15) is 30.4 Å². The lowest BCUT2D eigenvalue weighted by Gasteiger charge is -2.25. The van der Waals surface area contributed by atoms with Crippen LogP contribution in [0.2, 0.25) is 0 Å². The van der Waals surface area contributed by atoms with E-state index >= 15 is 0 Å². The van der Waals surface area contributed by atoms with Crippen molar-refractivity contribution in [3.63, 3.8) is 0 Å². The van der Waals surface area contributed by atoms with Crippen LogP contribution in [0.5, 0.6) is 0 Å². The fraction of sp³-hybridized carbons (Fsp3) is 0.500. The van der Waals surface area contributed by atoms with Gasteiger partial charge in [0.15, 0.2) is 0 Å². The third kappa shape index (κ3) is 3.82. The highest BCUT2D eigenvalue weighted by atomic mass is 32.1. The van der Waals surface area contributed by atoms with Gasteiger partial charge in [-0.05, 0) is 26.0 Å². The van der Waals surface area contributed by atoms with E-state index in [9.17, 15) is 9.59 Å². The number of aliphatic hydroxyl groups is 1. The zero-order chi connectivity index (χ0) is 13.7. The molecule has 0 saturated heterocycles. The van der Waals surface area contributed by atoms with Gasteiger partial charge < -0.3 is 15.3 Å². The predicted octanol–water partition coefficient (Wildman–Crippen LogP) is 1.55. The maximum Gasteiger partial charge on any atom is 0.264 e. The van der Waals surface area contributed by atoms with Crippen LogP contribution >= 0.6 is 11.3 Å². The van der Waals surface area contributed by atoms with E-state index in [4.69, 9.17) is 5.11 Å². The monoisotopic (exact) mass is 270 g/mol. The third-order valence-electron chi connectivity index (χ3n) is 2.34. The first-order valence-corrected chi connectivity index (χ1v) is 6.56. The lowest BCUT2D eigenvalue weighted by molar-refractivity contribution is -0.114. The van der Waals surface area contributed by atoms with Crippen molar-refractivity contribution >= 4 is 28.2 Å². The summed E-state index contributed by atoms with van der Waals surface area (Å²) >= 11 is 1.24. The van der Waals surface area contributed by atoms with Crippen molar-refractivity contribution in [3.8, 4) is 0 Å². The van der Waals surface area contributed by atoms with Gasteiger partial charge >= 0.3 is 0 Å². The van der Waals surface area contributed by atoms with Crippen LogP contribution in [0.4, 0.5) is 5.00 Å². The molecule has 0 radical (unpaired) electrons. The van der Waals surface area contributed by atoms with E-state index in [0.717, 1.165) is 0 Å². The molecule has 5 nitrogen and oxygen atoms in total. The minimum Gasteiger partial charge on any atom is -0.395 e. The molecule has 2 N–H and O–H groups in total. The summed E-state index contributed by atoms with van der Waals surface area (Å²) in [7, 11) is 0. The number of thiophene rings is 1. The second-order valence-electron chi connectivity index (χ2n) is 4.16. The number of carbonyl (C=O) groups excluding carboxylic acids is 2. The molecular formula is C12H18N2O3S. The van der Waals surface area contributed by atoms with Gasteiger partial charge in [0, 0.05) is 19.5 Å². The molecule has 0 aromatic carbocycles. The van der Waals surface area contributed by atoms with Gasteiger partial charge in [0.25, 0.3) is 5.91 Å². The summed E-state index contributed by atoms with van der Waals surface area (Å²) in [5.41, 5.74) is 0. The van der Waals surface area contributed by atoms with Crippen molar-refractivity contribution in [2.45, 2.75) is 26.8 Å². The van der Waals surface area contributed by atoms with Gasteiger partial charge in [0.05, 0.1) is 16.5 Å². The van der Waals surface area contributed by atoms with Gasteiger partial charge in [-0.3, -0.25) is 9.59 Å². The molecule has 0 fully saturated rings. The van der Waals surface area contributed by atoms with Crippen molar-refractivity contribution in [3.05, 3.63) is 17.0 Å². The van der Waals surface area contributed by atoms with Gasteiger partial charge in [-0.1, -0.05) is 0 Å². The molecule has 2 amide bonds. The molecule has 0 aliphatic rings. The second-order valence-corrected chi connectivity index (χ2v) is 5.24. The van der Waals surface area contributed by atoms with Crippen molar-refractivity contribution < 1.29 is 14.7 Å². The minimum atomic E-state index is -0.160. The highest BCUT2D eigenvalue weighted by molar-refractivity contribution is 7.18. The first kappa shape index (κ1) is 14.7. The zero-order valence-corrected chi connectivity index (χ0v) is 11.6. The molecule has 0 bridgehead atoms. The fourth-order valence-electron chi connectivity index (χ4n) is 1.54. The van der Waals surface area contributed by atoms with Crippen molar-refractivity contribution in [2.24, 2.45) is 0 Å². The molecular weight excluding hydrogens is 252 g/mol. The quantitative estimate of drug-likeness (QED) is 0.853. The maximum absolute atomic E-state index is 12.2. The average molecular weight is 270 g/mol. The highest BCUT2D eigenvalue weighted by Crippen LogP contribution is 2.23. The number of rotatable bonds is 5. The number of amides is 2. The summed E-state index contributed by atoms with van der Waals surface area (Å²) in [4.78, 5) is 25.2. The number of carbonyl (C=O) groups is 2. The Labute approximate surface area is 110 Å². The molecule has 6 heteroatoms. The van der Waals surface area contributed by atoms with E-state index in [2.05, 4.69) is 5.32 Å². The van der Waals surface area contributed by atoms with E-state index in [1.54, 1.807) is 17.0 Å². The number of nitrogens with zero attached hydrogens (tertiary/aromatic N) is 1. The Morgan fingerprint density at radius 2 is 2.11 bits per heavy atom. The Balaban J connectivity index is 2.81. The molecule has 0 unspecified atom stereocenters. The third-order valence-corrected chi connectivity index (χ3v) is 3.33. The lowest BCUT2D eigenvalue weighted by atomic mass is 10.3. The molecule has 18 heavy (non-hydrogen) atoms. The van der Waals surface area contributed by atoms with Crippen molar-refractivity contribution in [1.82, 2.24) is 4.90 Å². The number of nitrogens with one attached hydrogen (secondary N) is 1. The summed E-state index contributed by atoms with van der Waals surface area (Å²) in [6.45, 7) is 5.47. The summed E-state index contributed by atoms with van der Waals surface area (Å²) in [5, 5.41) is 12.2. The largest absolute Gasteiger partial charge is 0.395 e. The van der Waals surface area contributed by atoms with E-state index < -0.39 is 0 Å². The topological polar surface area (TPSA) is 69.6 Å². The number of hydrogen-bond acceptors (Lipinski definition) is 4. The van der Waals surface area contributed by atoms with Crippen molar-refractivity contribution in [1.29, 1.82) is 0 Å². The van der Waals surface area contributed by atoms with Crippen LogP contribution in [-0.2, 0) is 4.79 Å². The molecule has 1 heterocycles. The van der Waals surface area contributed by atoms with Crippen molar-refractivity contribution in [2.75, 3.05) is 18.5 Å². The molecule has 0 saturated carbocycles. The molecule has 0 aliphatic heterocycles. The Morgan fingerprint density at radius 1 is 1.44 bits per heavy atom. The fourth-order valence-corrected chi connectivity index (χ4v) is 2.45. The predicted molar refractivity (Wildman–Crippen MR) is 71.9 cm³/mol. The van der Waals surface area contributed by atoms with Crippen LogP contribution in [0, 0.1) is 0 Å². The Bertz CT molecular complexity index is 429. The molecule has 100 valence electrons. The van der Waals surface area contributed by atoms with Gasteiger partial charge in [-0.25, -0.2) is 0 Å². The summed E-state index contributed by atoms with van der Waals surface area (Å²) in [5.74, 6) is -0.285. The molecule has 0 aliphatic carbocycles. The molecule has 1 aromatic rings. The number of anilines is 1. The van der Waals surface area contributed by atoms with Gasteiger partial charge in [-0.2, -0.15) is 0 Å². The lowest BCUT2D eigenvalue weighted by Crippen LogP contribution is -2.38.